The summed E-state index contributed by atoms with van der Waals surface area (Å²) in [7, 11) is 0.299. The first-order valence-electron chi connectivity index (χ1n) is 7.11. The monoisotopic (exact) mass is 325 g/mol. The van der Waals surface area contributed by atoms with Crippen LogP contribution in [0, 0.1) is 0 Å². The van der Waals surface area contributed by atoms with Gasteiger partial charge >= 0.3 is 0 Å². The van der Waals surface area contributed by atoms with Gasteiger partial charge in [-0.05, 0) is 25.0 Å². The molecule has 0 aliphatic carbocycles. The SMILES string of the molecule is CN(C)c1ccc2nnc(CNS(=O)(=O)N3CCCC3)n2n1. The van der Waals surface area contributed by atoms with Gasteiger partial charge in [-0.15, -0.1) is 15.3 Å². The molecule has 1 aliphatic rings. The number of fused-ring (bicyclic) bond motifs is 1. The molecule has 1 N–H and O–H groups in total. The number of nitrogens with one attached hydrogen (secondary N) is 1. The van der Waals surface area contributed by atoms with Gasteiger partial charge in [0.05, 0.1) is 6.54 Å². The molecular weight excluding hydrogens is 306 g/mol. The molecule has 120 valence electrons. The van der Waals surface area contributed by atoms with Crippen molar-refractivity contribution in [1.29, 1.82) is 0 Å². The van der Waals surface area contributed by atoms with E-state index in [1.54, 1.807) is 10.6 Å². The van der Waals surface area contributed by atoms with Crippen molar-refractivity contribution in [2.45, 2.75) is 19.4 Å². The molecular formula is C12H19N7O2S. The van der Waals surface area contributed by atoms with Gasteiger partial charge in [0.2, 0.25) is 0 Å². The zero-order chi connectivity index (χ0) is 15.7. The van der Waals surface area contributed by atoms with Crippen molar-refractivity contribution < 1.29 is 8.42 Å². The van der Waals surface area contributed by atoms with E-state index >= 15 is 0 Å². The Morgan fingerprint density at radius 3 is 2.64 bits per heavy atom. The molecule has 22 heavy (non-hydrogen) atoms. The first kappa shape index (κ1) is 15.1. The maximum Gasteiger partial charge on any atom is 0.279 e. The third-order valence-electron chi connectivity index (χ3n) is 3.59. The van der Waals surface area contributed by atoms with Crippen LogP contribution in [-0.2, 0) is 16.8 Å². The van der Waals surface area contributed by atoms with E-state index < -0.39 is 10.2 Å². The van der Waals surface area contributed by atoms with Crippen molar-refractivity contribution in [2.24, 2.45) is 0 Å². The van der Waals surface area contributed by atoms with Crippen LogP contribution in [0.25, 0.3) is 5.65 Å². The second kappa shape index (κ2) is 5.78. The van der Waals surface area contributed by atoms with Gasteiger partial charge in [-0.25, -0.2) is 0 Å². The standard InChI is InChI=1S/C12H19N7O2S/c1-17(2)11-6-5-10-14-15-12(19(10)16-11)9-13-22(20,21)18-7-3-4-8-18/h5-6,13H,3-4,7-9H2,1-2H3. The number of hydrogen-bond donors (Lipinski definition) is 1. The zero-order valence-electron chi connectivity index (χ0n) is 12.6. The fourth-order valence-electron chi connectivity index (χ4n) is 2.35. The van der Waals surface area contributed by atoms with Gasteiger partial charge in [0.25, 0.3) is 10.2 Å². The Morgan fingerprint density at radius 2 is 1.95 bits per heavy atom. The molecule has 0 unspecified atom stereocenters. The fraction of sp³-hybridized carbons (Fsp3) is 0.583. The average molecular weight is 325 g/mol. The van der Waals surface area contributed by atoms with E-state index in [4.69, 9.17) is 0 Å². The molecule has 3 heterocycles. The summed E-state index contributed by atoms with van der Waals surface area (Å²) in [5, 5.41) is 12.4. The van der Waals surface area contributed by atoms with Crippen LogP contribution in [0.2, 0.25) is 0 Å². The lowest BCUT2D eigenvalue weighted by Crippen LogP contribution is -2.38. The molecule has 0 aromatic carbocycles. The van der Waals surface area contributed by atoms with Gasteiger partial charge in [0.15, 0.2) is 11.5 Å². The Labute approximate surface area is 129 Å². The summed E-state index contributed by atoms with van der Waals surface area (Å²) >= 11 is 0. The minimum Gasteiger partial charge on any atom is -0.361 e. The summed E-state index contributed by atoms with van der Waals surface area (Å²) in [6.45, 7) is 1.20. The lowest BCUT2D eigenvalue weighted by Gasteiger charge is -2.15. The Morgan fingerprint density at radius 1 is 1.23 bits per heavy atom. The quantitative estimate of drug-likeness (QED) is 0.805. The lowest BCUT2D eigenvalue weighted by atomic mass is 10.4. The normalized spacial score (nSPS) is 16.5. The van der Waals surface area contributed by atoms with Crippen LogP contribution in [0.15, 0.2) is 12.1 Å². The summed E-state index contributed by atoms with van der Waals surface area (Å²) in [4.78, 5) is 1.86. The molecule has 0 radical (unpaired) electrons. The average Bonchev–Trinajstić information content (AvgIpc) is 3.14. The highest BCUT2D eigenvalue weighted by atomic mass is 32.2. The highest BCUT2D eigenvalue weighted by Crippen LogP contribution is 2.12. The highest BCUT2D eigenvalue weighted by Gasteiger charge is 2.25. The predicted molar refractivity (Wildman–Crippen MR) is 81.7 cm³/mol. The van der Waals surface area contributed by atoms with Crippen LogP contribution >= 0.6 is 0 Å². The molecule has 0 amide bonds. The van der Waals surface area contributed by atoms with Gasteiger partial charge in [-0.2, -0.15) is 22.0 Å². The summed E-state index contributed by atoms with van der Waals surface area (Å²) in [6, 6.07) is 3.63. The second-order valence-corrected chi connectivity index (χ2v) is 7.16. The van der Waals surface area contributed by atoms with Gasteiger partial charge < -0.3 is 4.90 Å². The van der Waals surface area contributed by atoms with E-state index in [-0.39, 0.29) is 6.54 Å². The van der Waals surface area contributed by atoms with E-state index in [0.717, 1.165) is 18.7 Å². The Hall–Kier alpha value is -1.78. The molecule has 1 aliphatic heterocycles. The largest absolute Gasteiger partial charge is 0.361 e. The number of nitrogens with zero attached hydrogens (tertiary/aromatic N) is 6. The molecule has 1 saturated heterocycles. The maximum absolute atomic E-state index is 12.2. The molecule has 0 atom stereocenters. The second-order valence-electron chi connectivity index (χ2n) is 5.40. The smallest absolute Gasteiger partial charge is 0.279 e. The maximum atomic E-state index is 12.2. The molecule has 1 fully saturated rings. The fourth-order valence-corrected chi connectivity index (χ4v) is 3.58. The van der Waals surface area contributed by atoms with E-state index in [2.05, 4.69) is 20.0 Å². The molecule has 0 spiro atoms. The predicted octanol–water partition coefficient (Wildman–Crippen LogP) is -0.379. The van der Waals surface area contributed by atoms with Crippen molar-refractivity contribution >= 4 is 21.7 Å². The zero-order valence-corrected chi connectivity index (χ0v) is 13.4. The van der Waals surface area contributed by atoms with Crippen molar-refractivity contribution in [1.82, 2.24) is 28.8 Å². The third-order valence-corrected chi connectivity index (χ3v) is 5.14. The van der Waals surface area contributed by atoms with Crippen molar-refractivity contribution in [3.05, 3.63) is 18.0 Å². The third kappa shape index (κ3) is 2.89. The van der Waals surface area contributed by atoms with Crippen molar-refractivity contribution in [3.63, 3.8) is 0 Å². The first-order chi connectivity index (χ1) is 10.5. The first-order valence-corrected chi connectivity index (χ1v) is 8.55. The molecule has 10 heteroatoms. The van der Waals surface area contributed by atoms with E-state index in [0.29, 0.717) is 24.6 Å². The number of hydrogen-bond acceptors (Lipinski definition) is 6. The summed E-state index contributed by atoms with van der Waals surface area (Å²) in [5.41, 5.74) is 0.584. The summed E-state index contributed by atoms with van der Waals surface area (Å²) in [6.07, 6.45) is 1.81. The number of rotatable bonds is 5. The molecule has 0 bridgehead atoms. The van der Waals surface area contributed by atoms with Gasteiger partial charge in [0.1, 0.15) is 5.82 Å². The molecule has 0 saturated carbocycles. The lowest BCUT2D eigenvalue weighted by molar-refractivity contribution is 0.463. The van der Waals surface area contributed by atoms with Crippen LogP contribution in [0.1, 0.15) is 18.7 Å². The minimum absolute atomic E-state index is 0.0594. The van der Waals surface area contributed by atoms with Gasteiger partial charge in [-0.3, -0.25) is 0 Å². The van der Waals surface area contributed by atoms with E-state index in [9.17, 15) is 8.42 Å². The van der Waals surface area contributed by atoms with E-state index in [1.165, 1.54) is 4.31 Å². The van der Waals surface area contributed by atoms with Crippen molar-refractivity contribution in [2.75, 3.05) is 32.1 Å². The van der Waals surface area contributed by atoms with Crippen LogP contribution < -0.4 is 9.62 Å². The Bertz CT molecular complexity index is 765. The number of aromatic nitrogens is 4. The molecule has 2 aromatic heterocycles. The number of anilines is 1. The topological polar surface area (TPSA) is 95.7 Å². The van der Waals surface area contributed by atoms with Gasteiger partial charge in [0, 0.05) is 27.2 Å². The summed E-state index contributed by atoms with van der Waals surface area (Å²) < 4.78 is 29.9. The molecule has 2 aromatic rings. The Balaban J connectivity index is 1.80. The molecule has 3 rings (SSSR count). The summed E-state index contributed by atoms with van der Waals surface area (Å²) in [5.74, 6) is 1.21. The van der Waals surface area contributed by atoms with Crippen LogP contribution in [0.4, 0.5) is 5.82 Å². The molecule has 9 nitrogen and oxygen atoms in total. The van der Waals surface area contributed by atoms with Crippen LogP contribution in [-0.4, -0.2) is 59.7 Å². The Kier molecular flexibility index (Phi) is 3.98. The van der Waals surface area contributed by atoms with Crippen LogP contribution in [0.3, 0.4) is 0 Å². The van der Waals surface area contributed by atoms with Crippen molar-refractivity contribution in [3.8, 4) is 0 Å². The highest BCUT2D eigenvalue weighted by molar-refractivity contribution is 7.87. The minimum atomic E-state index is -3.47. The van der Waals surface area contributed by atoms with Gasteiger partial charge in [-0.1, -0.05) is 0 Å². The van der Waals surface area contributed by atoms with E-state index in [1.807, 2.05) is 25.1 Å². The van der Waals surface area contributed by atoms with Crippen LogP contribution in [0.5, 0.6) is 0 Å².